The number of hydrogen-bond acceptors (Lipinski definition) is 7. The molecule has 182 valence electrons. The van der Waals surface area contributed by atoms with Crippen LogP contribution in [0.2, 0.25) is 0 Å². The molecule has 2 heterocycles. The summed E-state index contributed by atoms with van der Waals surface area (Å²) in [6, 6.07) is 14.9. The molecule has 0 unspecified atom stereocenters. The Labute approximate surface area is 206 Å². The first-order valence-electron chi connectivity index (χ1n) is 11.5. The highest BCUT2D eigenvalue weighted by Gasteiger charge is 2.43. The summed E-state index contributed by atoms with van der Waals surface area (Å²) in [6.07, 6.45) is 3.32. The Bertz CT molecular complexity index is 1170. The fourth-order valence-corrected chi connectivity index (χ4v) is 6.93. The van der Waals surface area contributed by atoms with E-state index in [2.05, 4.69) is 19.1 Å². The summed E-state index contributed by atoms with van der Waals surface area (Å²) >= 11 is 1.75. The van der Waals surface area contributed by atoms with Crippen molar-refractivity contribution in [2.45, 2.75) is 43.2 Å². The van der Waals surface area contributed by atoms with Crippen LogP contribution in [-0.2, 0) is 10.0 Å². The van der Waals surface area contributed by atoms with Gasteiger partial charge in [-0.2, -0.15) is 4.31 Å². The third kappa shape index (κ3) is 5.01. The second kappa shape index (κ2) is 10.5. The van der Waals surface area contributed by atoms with Gasteiger partial charge < -0.3 is 9.47 Å². The highest BCUT2D eigenvalue weighted by atomic mass is 32.2. The zero-order valence-electron chi connectivity index (χ0n) is 19.9. The van der Waals surface area contributed by atoms with Crippen LogP contribution in [0.4, 0.5) is 0 Å². The lowest BCUT2D eigenvalue weighted by molar-refractivity contribution is 0.248. The van der Waals surface area contributed by atoms with E-state index in [1.807, 2.05) is 18.2 Å². The second-order valence-corrected chi connectivity index (χ2v) is 11.3. The highest BCUT2D eigenvalue weighted by Crippen LogP contribution is 2.38. The van der Waals surface area contributed by atoms with Crippen LogP contribution in [0.25, 0.3) is 0 Å². The second-order valence-electron chi connectivity index (χ2n) is 8.35. The number of methoxy groups -OCH3 is 2. The molecule has 0 amide bonds. The maximum Gasteiger partial charge on any atom is 0.246 e. The van der Waals surface area contributed by atoms with E-state index in [-0.39, 0.29) is 4.90 Å². The molecule has 2 aliphatic rings. The van der Waals surface area contributed by atoms with Crippen LogP contribution >= 0.6 is 11.8 Å². The Morgan fingerprint density at radius 3 is 2.41 bits per heavy atom. The predicted molar refractivity (Wildman–Crippen MR) is 138 cm³/mol. The number of rotatable bonds is 8. The van der Waals surface area contributed by atoms with Crippen molar-refractivity contribution in [3.05, 3.63) is 54.1 Å². The zero-order valence-corrected chi connectivity index (χ0v) is 21.5. The van der Waals surface area contributed by atoms with Gasteiger partial charge >= 0.3 is 0 Å². The van der Waals surface area contributed by atoms with Crippen molar-refractivity contribution in [2.24, 2.45) is 9.98 Å². The minimum Gasteiger partial charge on any atom is -0.497 e. The van der Waals surface area contributed by atoms with Gasteiger partial charge in [0.05, 0.1) is 19.9 Å². The van der Waals surface area contributed by atoms with E-state index in [4.69, 9.17) is 19.5 Å². The third-order valence-electron chi connectivity index (χ3n) is 6.13. The molecule has 1 fully saturated rings. The van der Waals surface area contributed by atoms with Gasteiger partial charge in [0.2, 0.25) is 10.0 Å². The Hall–Kier alpha value is -2.36. The molecule has 9 heteroatoms. The summed E-state index contributed by atoms with van der Waals surface area (Å²) in [7, 11) is -0.772. The van der Waals surface area contributed by atoms with Gasteiger partial charge in [-0.05, 0) is 24.3 Å². The van der Waals surface area contributed by atoms with Crippen molar-refractivity contribution < 1.29 is 17.9 Å². The molecule has 34 heavy (non-hydrogen) atoms. The lowest BCUT2D eigenvalue weighted by atomic mass is 10.00. The number of unbranched alkanes of at least 4 members (excludes halogenated alkanes) is 1. The van der Waals surface area contributed by atoms with Crippen LogP contribution in [0, 0.1) is 0 Å². The van der Waals surface area contributed by atoms with Gasteiger partial charge in [-0.1, -0.05) is 43.7 Å². The zero-order chi connectivity index (χ0) is 24.2. The van der Waals surface area contributed by atoms with E-state index in [1.54, 1.807) is 23.9 Å². The standard InChI is InChI=1S/C25H31N3O4S2/c1-4-5-17-33-24-23(19-9-7-6-8-10-19)26-25(27-24)13-15-28(16-14-25)34(29,30)22-18-20(31-2)11-12-21(22)32-3/h6-12,18H,4-5,13-17H2,1-3H3. The van der Waals surface area contributed by atoms with E-state index in [1.165, 1.54) is 24.6 Å². The summed E-state index contributed by atoms with van der Waals surface area (Å²) < 4.78 is 39.0. The molecule has 0 aliphatic carbocycles. The maximum atomic E-state index is 13.5. The van der Waals surface area contributed by atoms with Crippen LogP contribution in [-0.4, -0.2) is 62.2 Å². The molecule has 0 atom stereocenters. The monoisotopic (exact) mass is 501 g/mol. The van der Waals surface area contributed by atoms with Crippen LogP contribution in [0.5, 0.6) is 11.5 Å². The lowest BCUT2D eigenvalue weighted by Gasteiger charge is -2.34. The molecule has 1 saturated heterocycles. The fraction of sp³-hybridized carbons (Fsp3) is 0.440. The minimum atomic E-state index is -3.75. The number of hydrogen-bond donors (Lipinski definition) is 0. The molecule has 7 nitrogen and oxygen atoms in total. The quantitative estimate of drug-likeness (QED) is 0.493. The normalized spacial score (nSPS) is 18.0. The number of ether oxygens (including phenoxy) is 2. The Morgan fingerprint density at radius 1 is 1.03 bits per heavy atom. The lowest BCUT2D eigenvalue weighted by Crippen LogP contribution is -2.44. The van der Waals surface area contributed by atoms with E-state index >= 15 is 0 Å². The van der Waals surface area contributed by atoms with Crippen LogP contribution in [0.3, 0.4) is 0 Å². The van der Waals surface area contributed by atoms with Gasteiger partial charge in [0.15, 0.2) is 5.66 Å². The van der Waals surface area contributed by atoms with Crippen molar-refractivity contribution in [3.63, 3.8) is 0 Å². The summed E-state index contributed by atoms with van der Waals surface area (Å²) in [5.41, 5.74) is 1.37. The highest BCUT2D eigenvalue weighted by molar-refractivity contribution is 8.15. The minimum absolute atomic E-state index is 0.115. The first-order chi connectivity index (χ1) is 16.4. The molecular formula is C25H31N3O4S2. The van der Waals surface area contributed by atoms with Crippen molar-refractivity contribution in [3.8, 4) is 11.5 Å². The number of aliphatic imine (C=N–C) groups is 2. The largest absolute Gasteiger partial charge is 0.497 e. The SMILES string of the molecule is CCCCSC1=NC2(CCN(S(=O)(=O)c3cc(OC)ccc3OC)CC2)N=C1c1ccccc1. The van der Waals surface area contributed by atoms with Gasteiger partial charge in [-0.25, -0.2) is 13.4 Å². The van der Waals surface area contributed by atoms with Gasteiger partial charge in [0.1, 0.15) is 21.4 Å². The van der Waals surface area contributed by atoms with Crippen molar-refractivity contribution in [1.82, 2.24) is 4.31 Å². The number of sulfonamides is 1. The Balaban J connectivity index is 1.58. The molecule has 2 aromatic carbocycles. The number of benzene rings is 2. The van der Waals surface area contributed by atoms with Crippen LogP contribution < -0.4 is 9.47 Å². The molecule has 2 aliphatic heterocycles. The van der Waals surface area contributed by atoms with Crippen molar-refractivity contribution in [2.75, 3.05) is 33.1 Å². The number of thioether (sulfide) groups is 1. The molecule has 1 spiro atoms. The molecule has 0 aromatic heterocycles. The molecule has 2 aromatic rings. The van der Waals surface area contributed by atoms with E-state index in [0.717, 1.165) is 34.9 Å². The third-order valence-corrected chi connectivity index (χ3v) is 9.10. The smallest absolute Gasteiger partial charge is 0.246 e. The fourth-order valence-electron chi connectivity index (χ4n) is 4.15. The predicted octanol–water partition coefficient (Wildman–Crippen LogP) is 4.62. The van der Waals surface area contributed by atoms with Gasteiger partial charge in [-0.15, -0.1) is 11.8 Å². The van der Waals surface area contributed by atoms with E-state index in [9.17, 15) is 8.42 Å². The molecule has 0 bridgehead atoms. The summed E-state index contributed by atoms with van der Waals surface area (Å²) in [6.45, 7) is 2.85. The topological polar surface area (TPSA) is 80.6 Å². The van der Waals surface area contributed by atoms with E-state index < -0.39 is 15.7 Å². The van der Waals surface area contributed by atoms with Gasteiger partial charge in [0, 0.05) is 37.6 Å². The van der Waals surface area contributed by atoms with Crippen molar-refractivity contribution >= 4 is 32.5 Å². The molecular weight excluding hydrogens is 470 g/mol. The summed E-state index contributed by atoms with van der Waals surface area (Å²) in [5, 5.41) is 0.963. The summed E-state index contributed by atoms with van der Waals surface area (Å²) in [4.78, 5) is 10.3. The number of piperidine rings is 1. The first-order valence-corrected chi connectivity index (χ1v) is 14.0. The Morgan fingerprint density at radius 2 is 1.76 bits per heavy atom. The average Bonchev–Trinajstić information content (AvgIpc) is 3.22. The van der Waals surface area contributed by atoms with E-state index in [0.29, 0.717) is 37.4 Å². The van der Waals surface area contributed by atoms with Crippen LogP contribution in [0.1, 0.15) is 38.2 Å². The maximum absolute atomic E-state index is 13.5. The Kier molecular flexibility index (Phi) is 7.64. The number of nitrogens with zero attached hydrogens (tertiary/aromatic N) is 3. The average molecular weight is 502 g/mol. The van der Waals surface area contributed by atoms with Gasteiger partial charge in [-0.3, -0.25) is 4.99 Å². The molecule has 4 rings (SSSR count). The van der Waals surface area contributed by atoms with Crippen molar-refractivity contribution in [1.29, 1.82) is 0 Å². The molecule has 0 radical (unpaired) electrons. The summed E-state index contributed by atoms with van der Waals surface area (Å²) in [5.74, 6) is 1.77. The molecule has 0 saturated carbocycles. The van der Waals surface area contributed by atoms with Crippen LogP contribution in [0.15, 0.2) is 63.4 Å². The first kappa shape index (κ1) is 24.8. The van der Waals surface area contributed by atoms with Gasteiger partial charge in [0.25, 0.3) is 0 Å². The molecule has 0 N–H and O–H groups in total.